The van der Waals surface area contributed by atoms with Crippen LogP contribution in [0.1, 0.15) is 6.42 Å². The van der Waals surface area contributed by atoms with Crippen LogP contribution in [0.3, 0.4) is 0 Å². The Morgan fingerprint density at radius 1 is 1.64 bits per heavy atom. The fourth-order valence-electron chi connectivity index (χ4n) is 1.68. The van der Waals surface area contributed by atoms with E-state index in [-0.39, 0.29) is 11.3 Å². The first kappa shape index (κ1) is 9.76. The van der Waals surface area contributed by atoms with Gasteiger partial charge in [0.2, 0.25) is 5.91 Å². The predicted molar refractivity (Wildman–Crippen MR) is 53.2 cm³/mol. The summed E-state index contributed by atoms with van der Waals surface area (Å²) >= 11 is 1.62. The third-order valence-electron chi connectivity index (χ3n) is 2.42. The van der Waals surface area contributed by atoms with Gasteiger partial charge in [0, 0.05) is 5.75 Å². The summed E-state index contributed by atoms with van der Waals surface area (Å²) in [6.07, 6.45) is 0.477. The molecule has 0 aromatic carbocycles. The molecule has 1 unspecified atom stereocenters. The number of rotatable bonds is 2. The van der Waals surface area contributed by atoms with Crippen molar-refractivity contribution in [2.24, 2.45) is 0 Å². The van der Waals surface area contributed by atoms with Crippen molar-refractivity contribution in [2.75, 3.05) is 5.75 Å². The minimum atomic E-state index is -1.59. The van der Waals surface area contributed by atoms with Gasteiger partial charge in [-0.25, -0.2) is 0 Å². The van der Waals surface area contributed by atoms with Gasteiger partial charge in [0.15, 0.2) is 6.29 Å². The highest BCUT2D eigenvalue weighted by molar-refractivity contribution is 8.00. The van der Waals surface area contributed by atoms with Gasteiger partial charge in [-0.3, -0.25) is 9.69 Å². The fourth-order valence-corrected chi connectivity index (χ4v) is 2.96. The number of hydrogen-bond donors (Lipinski definition) is 2. The molecule has 0 aliphatic carbocycles. The number of amides is 1. The summed E-state index contributed by atoms with van der Waals surface area (Å²) < 4.78 is 0. The number of fused-ring (bicyclic) bond motifs is 1. The second-order valence-electron chi connectivity index (χ2n) is 3.22. The van der Waals surface area contributed by atoms with Crippen molar-refractivity contribution in [1.82, 2.24) is 4.90 Å². The van der Waals surface area contributed by atoms with Crippen LogP contribution in [0.5, 0.6) is 0 Å². The van der Waals surface area contributed by atoms with Crippen LogP contribution in [-0.4, -0.2) is 38.4 Å². The highest BCUT2D eigenvalue weighted by Gasteiger charge is 2.43. The lowest BCUT2D eigenvalue weighted by Crippen LogP contribution is -2.54. The molecule has 0 aromatic rings. The van der Waals surface area contributed by atoms with Gasteiger partial charge >= 0.3 is 0 Å². The largest absolute Gasteiger partial charge is 0.363 e. The number of aliphatic hydroxyl groups excluding tert-OH is 1. The van der Waals surface area contributed by atoms with Crippen molar-refractivity contribution in [2.45, 2.75) is 18.1 Å². The van der Waals surface area contributed by atoms with Gasteiger partial charge in [0.1, 0.15) is 0 Å². The third-order valence-corrected chi connectivity index (χ3v) is 3.66. The van der Waals surface area contributed by atoms with E-state index >= 15 is 0 Å². The first-order valence-electron chi connectivity index (χ1n) is 4.30. The van der Waals surface area contributed by atoms with Crippen LogP contribution in [0.25, 0.3) is 0 Å². The maximum Gasteiger partial charge on any atom is 0.230 e. The molecule has 0 saturated carbocycles. The molecule has 5 heteroatoms. The summed E-state index contributed by atoms with van der Waals surface area (Å²) in [7, 11) is 0. The Kier molecular flexibility index (Phi) is 2.38. The lowest BCUT2D eigenvalue weighted by atomic mass is 10.1. The smallest absolute Gasteiger partial charge is 0.230 e. The Hall–Kier alpha value is -0.780. The van der Waals surface area contributed by atoms with Gasteiger partial charge < -0.3 is 10.2 Å². The standard InChI is InChI=1S/C9H11NO3S/c1-2-5-4-14-7-3-6(11)10(7)8(5)9(12)13/h2,7,9,12-13H,1,3-4H2. The molecular formula is C9H11NO3S. The Morgan fingerprint density at radius 3 is 2.86 bits per heavy atom. The van der Waals surface area contributed by atoms with E-state index in [0.29, 0.717) is 17.9 Å². The minimum Gasteiger partial charge on any atom is -0.363 e. The van der Waals surface area contributed by atoms with Crippen molar-refractivity contribution in [3.05, 3.63) is 23.9 Å². The van der Waals surface area contributed by atoms with Crippen molar-refractivity contribution in [3.63, 3.8) is 0 Å². The summed E-state index contributed by atoms with van der Waals surface area (Å²) in [4.78, 5) is 12.7. The molecule has 76 valence electrons. The molecule has 4 nitrogen and oxygen atoms in total. The number of nitrogens with zero attached hydrogens (tertiary/aromatic N) is 1. The van der Waals surface area contributed by atoms with E-state index in [9.17, 15) is 4.79 Å². The van der Waals surface area contributed by atoms with E-state index in [4.69, 9.17) is 10.2 Å². The van der Waals surface area contributed by atoms with Crippen molar-refractivity contribution < 1.29 is 15.0 Å². The molecule has 1 fully saturated rings. The maximum atomic E-state index is 11.3. The average molecular weight is 213 g/mol. The number of carbonyl (C=O) groups is 1. The first-order chi connectivity index (χ1) is 6.65. The third kappa shape index (κ3) is 1.28. The molecule has 0 aromatic heterocycles. The SMILES string of the molecule is C=CC1=C(C(O)O)N2C(=O)CC2SC1. The molecule has 2 N–H and O–H groups in total. The van der Waals surface area contributed by atoms with Crippen molar-refractivity contribution in [1.29, 1.82) is 0 Å². The van der Waals surface area contributed by atoms with E-state index in [1.165, 1.54) is 4.90 Å². The van der Waals surface area contributed by atoms with E-state index in [1.807, 2.05) is 0 Å². The van der Waals surface area contributed by atoms with Crippen LogP contribution in [0.4, 0.5) is 0 Å². The molecule has 2 heterocycles. The number of carbonyl (C=O) groups excluding carboxylic acids is 1. The molecule has 1 saturated heterocycles. The molecule has 0 radical (unpaired) electrons. The molecule has 1 atom stereocenters. The van der Waals surface area contributed by atoms with Crippen LogP contribution >= 0.6 is 11.8 Å². The second-order valence-corrected chi connectivity index (χ2v) is 4.39. The van der Waals surface area contributed by atoms with Crippen LogP contribution in [0.15, 0.2) is 23.9 Å². The zero-order chi connectivity index (χ0) is 10.3. The summed E-state index contributed by atoms with van der Waals surface area (Å²) in [6, 6.07) is 0. The Bertz CT molecular complexity index is 324. The van der Waals surface area contributed by atoms with Crippen LogP contribution < -0.4 is 0 Å². The summed E-state index contributed by atoms with van der Waals surface area (Å²) in [6.45, 7) is 3.59. The number of β-lactam (4-membered cyclic amide) rings is 1. The molecule has 2 aliphatic rings. The lowest BCUT2D eigenvalue weighted by molar-refractivity contribution is -0.143. The lowest BCUT2D eigenvalue weighted by Gasteiger charge is -2.45. The van der Waals surface area contributed by atoms with Crippen molar-refractivity contribution >= 4 is 17.7 Å². The first-order valence-corrected chi connectivity index (χ1v) is 5.35. The van der Waals surface area contributed by atoms with E-state index < -0.39 is 6.29 Å². The molecule has 1 amide bonds. The zero-order valence-electron chi connectivity index (χ0n) is 7.51. The summed E-state index contributed by atoms with van der Waals surface area (Å²) in [5.41, 5.74) is 1.04. The van der Waals surface area contributed by atoms with Crippen LogP contribution in [-0.2, 0) is 4.79 Å². The Morgan fingerprint density at radius 2 is 2.36 bits per heavy atom. The Balaban J connectivity index is 2.37. The van der Waals surface area contributed by atoms with Gasteiger partial charge in [-0.2, -0.15) is 0 Å². The van der Waals surface area contributed by atoms with Gasteiger partial charge in [-0.05, 0) is 5.57 Å². The van der Waals surface area contributed by atoms with Crippen LogP contribution in [0, 0.1) is 0 Å². The second kappa shape index (κ2) is 3.42. The van der Waals surface area contributed by atoms with Gasteiger partial charge in [0.25, 0.3) is 0 Å². The molecule has 0 bridgehead atoms. The highest BCUT2D eigenvalue weighted by Crippen LogP contribution is 2.40. The minimum absolute atomic E-state index is 0.0512. The fraction of sp³-hybridized carbons (Fsp3) is 0.444. The number of aliphatic hydroxyl groups is 2. The summed E-state index contributed by atoms with van der Waals surface area (Å²) in [5, 5.41) is 18.4. The molecule has 2 rings (SSSR count). The molecule has 14 heavy (non-hydrogen) atoms. The molecule has 0 spiro atoms. The number of hydrogen-bond acceptors (Lipinski definition) is 4. The topological polar surface area (TPSA) is 60.8 Å². The normalized spacial score (nSPS) is 26.4. The van der Waals surface area contributed by atoms with Gasteiger partial charge in [-0.15, -0.1) is 11.8 Å². The highest BCUT2D eigenvalue weighted by atomic mass is 32.2. The zero-order valence-corrected chi connectivity index (χ0v) is 8.33. The summed E-state index contributed by atoms with van der Waals surface area (Å²) in [5.74, 6) is 0.634. The number of allylic oxidation sites excluding steroid dienone is 1. The van der Waals surface area contributed by atoms with Gasteiger partial charge in [-0.1, -0.05) is 12.7 Å². The van der Waals surface area contributed by atoms with Gasteiger partial charge in [0.05, 0.1) is 17.5 Å². The maximum absolute atomic E-state index is 11.3. The quantitative estimate of drug-likeness (QED) is 0.502. The molecular weight excluding hydrogens is 202 g/mol. The monoisotopic (exact) mass is 213 g/mol. The molecule has 2 aliphatic heterocycles. The van der Waals surface area contributed by atoms with E-state index in [1.54, 1.807) is 17.8 Å². The van der Waals surface area contributed by atoms with Crippen LogP contribution in [0.2, 0.25) is 0 Å². The van der Waals surface area contributed by atoms with E-state index in [0.717, 1.165) is 5.57 Å². The number of thioether (sulfide) groups is 1. The van der Waals surface area contributed by atoms with Crippen molar-refractivity contribution in [3.8, 4) is 0 Å². The Labute approximate surface area is 85.9 Å². The average Bonchev–Trinajstić information content (AvgIpc) is 2.15. The predicted octanol–water partition coefficient (Wildman–Crippen LogP) is 0.0424. The van der Waals surface area contributed by atoms with E-state index in [2.05, 4.69) is 6.58 Å².